The van der Waals surface area contributed by atoms with Gasteiger partial charge in [0.25, 0.3) is 0 Å². The normalized spacial score (nSPS) is 24.9. The molecular weight excluding hydrogens is 342 g/mol. The number of rotatable bonds is 6. The van der Waals surface area contributed by atoms with Crippen molar-refractivity contribution in [2.45, 2.75) is 83.8 Å². The van der Waals surface area contributed by atoms with Crippen molar-refractivity contribution >= 4 is 17.3 Å². The molecular formula is C20H35N5S. The van der Waals surface area contributed by atoms with Gasteiger partial charge >= 0.3 is 0 Å². The maximum absolute atomic E-state index is 4.80. The molecule has 1 aromatic rings. The Hall–Kier alpha value is -1.14. The molecule has 2 fully saturated rings. The molecule has 0 spiro atoms. The Morgan fingerprint density at radius 1 is 1.38 bits per heavy atom. The second kappa shape index (κ2) is 8.26. The molecule has 1 aliphatic heterocycles. The van der Waals surface area contributed by atoms with E-state index in [1.807, 2.05) is 0 Å². The number of aromatic nitrogens is 1. The molecule has 1 saturated carbocycles. The van der Waals surface area contributed by atoms with Crippen LogP contribution in [0, 0.1) is 0 Å². The fraction of sp³-hybridized carbons (Fsp3) is 0.800. The summed E-state index contributed by atoms with van der Waals surface area (Å²) in [7, 11) is 0. The fourth-order valence-corrected chi connectivity index (χ4v) is 4.64. The fourth-order valence-electron chi connectivity index (χ4n) is 3.62. The molecule has 5 nitrogen and oxygen atoms in total. The minimum absolute atomic E-state index is 0.126. The highest BCUT2D eigenvalue weighted by atomic mass is 32.1. The van der Waals surface area contributed by atoms with Crippen LogP contribution in [0.3, 0.4) is 0 Å². The van der Waals surface area contributed by atoms with Crippen molar-refractivity contribution in [2.24, 2.45) is 4.99 Å². The second-order valence-corrected chi connectivity index (χ2v) is 9.68. The molecule has 1 aromatic heterocycles. The Labute approximate surface area is 162 Å². The summed E-state index contributed by atoms with van der Waals surface area (Å²) < 4.78 is 0. The van der Waals surface area contributed by atoms with E-state index in [4.69, 9.17) is 9.98 Å². The van der Waals surface area contributed by atoms with E-state index < -0.39 is 0 Å². The van der Waals surface area contributed by atoms with Crippen molar-refractivity contribution in [2.75, 3.05) is 19.6 Å². The zero-order valence-electron chi connectivity index (χ0n) is 17.0. The highest BCUT2D eigenvalue weighted by molar-refractivity contribution is 7.09. The molecule has 1 saturated heterocycles. The summed E-state index contributed by atoms with van der Waals surface area (Å²) >= 11 is 1.76. The smallest absolute Gasteiger partial charge is 0.191 e. The molecule has 26 heavy (non-hydrogen) atoms. The van der Waals surface area contributed by atoms with Gasteiger partial charge in [-0.15, -0.1) is 11.3 Å². The van der Waals surface area contributed by atoms with Crippen molar-refractivity contribution < 1.29 is 0 Å². The zero-order chi connectivity index (χ0) is 18.7. The standard InChI is InChI=1S/C20H35N5S/c1-6-21-19(23-15-11-14(2)25(12-15)16-7-8-16)22-10-9-18-24-17(13-26-18)20(3,4)5/h13-16H,6-12H2,1-5H3,(H2,21,22,23). The predicted molar refractivity (Wildman–Crippen MR) is 111 cm³/mol. The van der Waals surface area contributed by atoms with Crippen LogP contribution in [0.15, 0.2) is 10.4 Å². The van der Waals surface area contributed by atoms with Gasteiger partial charge in [-0.05, 0) is 33.1 Å². The molecule has 2 aliphatic rings. The summed E-state index contributed by atoms with van der Waals surface area (Å²) in [5.74, 6) is 0.954. The van der Waals surface area contributed by atoms with Crippen LogP contribution in [-0.2, 0) is 11.8 Å². The molecule has 3 rings (SSSR count). The van der Waals surface area contributed by atoms with Crippen LogP contribution in [0.1, 0.15) is 64.6 Å². The molecule has 2 atom stereocenters. The maximum Gasteiger partial charge on any atom is 0.191 e. The number of hydrogen-bond acceptors (Lipinski definition) is 4. The van der Waals surface area contributed by atoms with Crippen LogP contribution >= 0.6 is 11.3 Å². The third-order valence-electron chi connectivity index (χ3n) is 5.24. The van der Waals surface area contributed by atoms with Gasteiger partial charge in [0, 0.05) is 55.0 Å². The van der Waals surface area contributed by atoms with E-state index in [2.05, 4.69) is 55.5 Å². The molecule has 0 amide bonds. The lowest BCUT2D eigenvalue weighted by Crippen LogP contribution is -2.44. The number of nitrogens with one attached hydrogen (secondary N) is 2. The summed E-state index contributed by atoms with van der Waals surface area (Å²) in [6, 6.07) is 2.04. The van der Waals surface area contributed by atoms with Gasteiger partial charge in [0.05, 0.1) is 10.7 Å². The van der Waals surface area contributed by atoms with Crippen molar-refractivity contribution in [3.8, 4) is 0 Å². The Morgan fingerprint density at radius 3 is 2.77 bits per heavy atom. The molecule has 1 aliphatic carbocycles. The minimum atomic E-state index is 0.126. The van der Waals surface area contributed by atoms with Crippen LogP contribution in [0.25, 0.3) is 0 Å². The predicted octanol–water partition coefficient (Wildman–Crippen LogP) is 3.16. The first-order valence-electron chi connectivity index (χ1n) is 10.1. The van der Waals surface area contributed by atoms with E-state index in [1.165, 1.54) is 30.0 Å². The summed E-state index contributed by atoms with van der Waals surface area (Å²) in [5, 5.41) is 10.4. The third-order valence-corrected chi connectivity index (χ3v) is 6.15. The molecule has 146 valence electrons. The van der Waals surface area contributed by atoms with Crippen molar-refractivity contribution in [3.05, 3.63) is 16.1 Å². The maximum atomic E-state index is 4.80. The summed E-state index contributed by atoms with van der Waals surface area (Å²) in [4.78, 5) is 12.2. The summed E-state index contributed by atoms with van der Waals surface area (Å²) in [6.07, 6.45) is 4.89. The molecule has 0 bridgehead atoms. The van der Waals surface area contributed by atoms with Crippen LogP contribution < -0.4 is 10.6 Å². The molecule has 0 aromatic carbocycles. The summed E-state index contributed by atoms with van der Waals surface area (Å²) in [6.45, 7) is 13.9. The largest absolute Gasteiger partial charge is 0.357 e. The number of aliphatic imine (C=N–C) groups is 1. The number of thiazole rings is 1. The van der Waals surface area contributed by atoms with E-state index in [9.17, 15) is 0 Å². The Balaban J connectivity index is 1.51. The van der Waals surface area contributed by atoms with E-state index >= 15 is 0 Å². The van der Waals surface area contributed by atoms with Gasteiger partial charge in [0.15, 0.2) is 5.96 Å². The van der Waals surface area contributed by atoms with E-state index in [-0.39, 0.29) is 5.41 Å². The Bertz CT molecular complexity index is 614. The first kappa shape index (κ1) is 19.6. The number of likely N-dealkylation sites (tertiary alicyclic amines) is 1. The van der Waals surface area contributed by atoms with Gasteiger partial charge in [-0.25, -0.2) is 4.98 Å². The van der Waals surface area contributed by atoms with Crippen molar-refractivity contribution in [1.29, 1.82) is 0 Å². The third kappa shape index (κ3) is 5.19. The molecule has 2 N–H and O–H groups in total. The number of guanidine groups is 1. The SMILES string of the molecule is CCNC(=NCCc1nc(C(C)(C)C)cs1)NC1CC(C)N(C2CC2)C1. The average molecular weight is 378 g/mol. The van der Waals surface area contributed by atoms with Crippen LogP contribution in [0.5, 0.6) is 0 Å². The van der Waals surface area contributed by atoms with Gasteiger partial charge in [-0.2, -0.15) is 0 Å². The lowest BCUT2D eigenvalue weighted by atomic mass is 9.93. The monoisotopic (exact) mass is 377 g/mol. The van der Waals surface area contributed by atoms with Gasteiger partial charge in [0.2, 0.25) is 0 Å². The van der Waals surface area contributed by atoms with Gasteiger partial charge in [0.1, 0.15) is 0 Å². The van der Waals surface area contributed by atoms with Crippen LogP contribution in [-0.4, -0.2) is 53.6 Å². The average Bonchev–Trinajstić information content (AvgIpc) is 3.16. The highest BCUT2D eigenvalue weighted by Crippen LogP contribution is 2.33. The Kier molecular flexibility index (Phi) is 6.23. The van der Waals surface area contributed by atoms with Gasteiger partial charge < -0.3 is 10.6 Å². The highest BCUT2D eigenvalue weighted by Gasteiger charge is 2.38. The van der Waals surface area contributed by atoms with E-state index in [0.29, 0.717) is 12.1 Å². The first-order chi connectivity index (χ1) is 12.4. The molecule has 0 radical (unpaired) electrons. The molecule has 2 unspecified atom stereocenters. The summed E-state index contributed by atoms with van der Waals surface area (Å²) in [5.41, 5.74) is 1.31. The molecule has 2 heterocycles. The lowest BCUT2D eigenvalue weighted by Gasteiger charge is -2.20. The van der Waals surface area contributed by atoms with Gasteiger partial charge in [-0.3, -0.25) is 9.89 Å². The van der Waals surface area contributed by atoms with Crippen molar-refractivity contribution in [1.82, 2.24) is 20.5 Å². The Morgan fingerprint density at radius 2 is 2.15 bits per heavy atom. The minimum Gasteiger partial charge on any atom is -0.357 e. The van der Waals surface area contributed by atoms with Crippen LogP contribution in [0.2, 0.25) is 0 Å². The van der Waals surface area contributed by atoms with Crippen LogP contribution in [0.4, 0.5) is 0 Å². The topological polar surface area (TPSA) is 52.6 Å². The quantitative estimate of drug-likeness (QED) is 0.591. The first-order valence-corrected chi connectivity index (χ1v) is 11.0. The number of hydrogen-bond donors (Lipinski definition) is 2. The van der Waals surface area contributed by atoms with E-state index in [1.54, 1.807) is 11.3 Å². The molecule has 6 heteroatoms. The zero-order valence-corrected chi connectivity index (χ0v) is 17.8. The van der Waals surface area contributed by atoms with E-state index in [0.717, 1.165) is 38.1 Å². The second-order valence-electron chi connectivity index (χ2n) is 8.74. The lowest BCUT2D eigenvalue weighted by molar-refractivity contribution is 0.256. The number of nitrogens with zero attached hydrogens (tertiary/aromatic N) is 3. The van der Waals surface area contributed by atoms with Gasteiger partial charge in [-0.1, -0.05) is 20.8 Å². The van der Waals surface area contributed by atoms with Crippen molar-refractivity contribution in [3.63, 3.8) is 0 Å².